The van der Waals surface area contributed by atoms with Crippen molar-refractivity contribution in [3.05, 3.63) is 30.0 Å². The van der Waals surface area contributed by atoms with Crippen LogP contribution in [-0.2, 0) is 0 Å². The smallest absolute Gasteiger partial charge is 0.229 e. The Morgan fingerprint density at radius 1 is 1.08 bits per heavy atom. The average molecular weight is 353 g/mol. The SMILES string of the molecule is COc1ccc(Nc2nc(N3CCCC3)nc3[nH]c(C)cc23)c(OC)c1. The quantitative estimate of drug-likeness (QED) is 0.730. The maximum Gasteiger partial charge on any atom is 0.229 e. The lowest BCUT2D eigenvalue weighted by atomic mass is 10.2. The lowest BCUT2D eigenvalue weighted by Crippen LogP contribution is -2.20. The Kier molecular flexibility index (Phi) is 4.28. The number of nitrogens with one attached hydrogen (secondary N) is 2. The zero-order valence-electron chi connectivity index (χ0n) is 15.3. The molecule has 0 saturated carbocycles. The largest absolute Gasteiger partial charge is 0.497 e. The minimum absolute atomic E-state index is 0.700. The second-order valence-electron chi connectivity index (χ2n) is 6.47. The number of benzene rings is 1. The number of rotatable bonds is 5. The van der Waals surface area contributed by atoms with Crippen molar-refractivity contribution in [3.8, 4) is 11.5 Å². The van der Waals surface area contributed by atoms with E-state index in [4.69, 9.17) is 19.4 Å². The van der Waals surface area contributed by atoms with Crippen molar-refractivity contribution in [2.24, 2.45) is 0 Å². The highest BCUT2D eigenvalue weighted by Crippen LogP contribution is 2.34. The normalized spacial score (nSPS) is 14.0. The molecule has 0 radical (unpaired) electrons. The molecule has 136 valence electrons. The Morgan fingerprint density at radius 2 is 1.88 bits per heavy atom. The molecule has 0 bridgehead atoms. The number of H-pyrrole nitrogens is 1. The van der Waals surface area contributed by atoms with Gasteiger partial charge in [-0.25, -0.2) is 0 Å². The Hall–Kier alpha value is -2.96. The summed E-state index contributed by atoms with van der Waals surface area (Å²) in [6.07, 6.45) is 2.36. The molecule has 4 rings (SSSR count). The number of methoxy groups -OCH3 is 2. The third kappa shape index (κ3) is 3.00. The summed E-state index contributed by atoms with van der Waals surface area (Å²) in [6, 6.07) is 7.74. The molecular weight excluding hydrogens is 330 g/mol. The summed E-state index contributed by atoms with van der Waals surface area (Å²) in [5.74, 6) is 2.97. The van der Waals surface area contributed by atoms with Crippen LogP contribution in [0.25, 0.3) is 11.0 Å². The fraction of sp³-hybridized carbons (Fsp3) is 0.368. The van der Waals surface area contributed by atoms with Gasteiger partial charge in [0.25, 0.3) is 0 Å². The summed E-state index contributed by atoms with van der Waals surface area (Å²) >= 11 is 0. The first-order valence-corrected chi connectivity index (χ1v) is 8.79. The molecule has 26 heavy (non-hydrogen) atoms. The Labute approximate surface area is 152 Å². The summed E-state index contributed by atoms with van der Waals surface area (Å²) in [5.41, 5.74) is 2.73. The van der Waals surface area contributed by atoms with Gasteiger partial charge in [0, 0.05) is 24.8 Å². The second-order valence-corrected chi connectivity index (χ2v) is 6.47. The molecule has 3 aromatic rings. The van der Waals surface area contributed by atoms with Crippen LogP contribution >= 0.6 is 0 Å². The van der Waals surface area contributed by atoms with Crippen molar-refractivity contribution in [3.63, 3.8) is 0 Å². The van der Waals surface area contributed by atoms with E-state index in [1.165, 1.54) is 12.8 Å². The van der Waals surface area contributed by atoms with Crippen LogP contribution < -0.4 is 19.7 Å². The highest BCUT2D eigenvalue weighted by Gasteiger charge is 2.19. The van der Waals surface area contributed by atoms with E-state index in [-0.39, 0.29) is 0 Å². The fourth-order valence-electron chi connectivity index (χ4n) is 3.31. The number of fused-ring (bicyclic) bond motifs is 1. The molecule has 1 saturated heterocycles. The summed E-state index contributed by atoms with van der Waals surface area (Å²) in [6.45, 7) is 4.02. The van der Waals surface area contributed by atoms with E-state index in [1.807, 2.05) is 25.1 Å². The van der Waals surface area contributed by atoms with Crippen LogP contribution in [0.2, 0.25) is 0 Å². The van der Waals surface area contributed by atoms with Crippen molar-refractivity contribution in [1.29, 1.82) is 0 Å². The molecule has 0 spiro atoms. The molecule has 1 aliphatic rings. The van der Waals surface area contributed by atoms with Crippen LogP contribution in [-0.4, -0.2) is 42.3 Å². The van der Waals surface area contributed by atoms with Crippen LogP contribution in [0, 0.1) is 6.92 Å². The first-order chi connectivity index (χ1) is 12.7. The van der Waals surface area contributed by atoms with E-state index in [2.05, 4.69) is 21.3 Å². The Balaban J connectivity index is 1.77. The standard InChI is InChI=1S/C19H23N5O2/c1-12-10-14-17(20-12)22-19(24-8-4-5-9-24)23-18(14)21-15-7-6-13(25-2)11-16(15)26-3/h6-7,10-11H,4-5,8-9H2,1-3H3,(H2,20,21,22,23). The van der Waals surface area contributed by atoms with E-state index in [1.54, 1.807) is 14.2 Å². The molecule has 1 aliphatic heterocycles. The van der Waals surface area contributed by atoms with Gasteiger partial charge in [0.2, 0.25) is 5.95 Å². The van der Waals surface area contributed by atoms with Gasteiger partial charge >= 0.3 is 0 Å². The van der Waals surface area contributed by atoms with Crippen molar-refractivity contribution in [2.45, 2.75) is 19.8 Å². The molecule has 0 amide bonds. The van der Waals surface area contributed by atoms with Gasteiger partial charge in [0.15, 0.2) is 0 Å². The average Bonchev–Trinajstić information content (AvgIpc) is 3.30. The van der Waals surface area contributed by atoms with Crippen LogP contribution in [0.4, 0.5) is 17.5 Å². The van der Waals surface area contributed by atoms with E-state index in [9.17, 15) is 0 Å². The highest BCUT2D eigenvalue weighted by molar-refractivity contribution is 5.91. The number of aromatic nitrogens is 3. The summed E-state index contributed by atoms with van der Waals surface area (Å²) < 4.78 is 10.8. The van der Waals surface area contributed by atoms with E-state index < -0.39 is 0 Å². The maximum absolute atomic E-state index is 5.50. The van der Waals surface area contributed by atoms with E-state index in [0.717, 1.165) is 53.0 Å². The molecule has 2 aromatic heterocycles. The van der Waals surface area contributed by atoms with Gasteiger partial charge in [-0.2, -0.15) is 9.97 Å². The highest BCUT2D eigenvalue weighted by atomic mass is 16.5. The number of nitrogens with zero attached hydrogens (tertiary/aromatic N) is 3. The molecule has 0 unspecified atom stereocenters. The topological polar surface area (TPSA) is 75.3 Å². The van der Waals surface area contributed by atoms with Crippen LogP contribution in [0.1, 0.15) is 18.5 Å². The number of aromatic amines is 1. The summed E-state index contributed by atoms with van der Waals surface area (Å²) in [7, 11) is 3.28. The lowest BCUT2D eigenvalue weighted by molar-refractivity contribution is 0.395. The van der Waals surface area contributed by atoms with Gasteiger partial charge in [-0.15, -0.1) is 0 Å². The van der Waals surface area contributed by atoms with Crippen LogP contribution in [0.15, 0.2) is 24.3 Å². The van der Waals surface area contributed by atoms with Crippen molar-refractivity contribution < 1.29 is 9.47 Å². The second kappa shape index (κ2) is 6.74. The molecule has 2 N–H and O–H groups in total. The fourth-order valence-corrected chi connectivity index (χ4v) is 3.31. The molecule has 7 nitrogen and oxygen atoms in total. The van der Waals surface area contributed by atoms with Gasteiger partial charge in [-0.3, -0.25) is 0 Å². The van der Waals surface area contributed by atoms with E-state index >= 15 is 0 Å². The third-order valence-electron chi connectivity index (χ3n) is 4.66. The first kappa shape index (κ1) is 16.5. The van der Waals surface area contributed by atoms with Crippen molar-refractivity contribution in [1.82, 2.24) is 15.0 Å². The zero-order chi connectivity index (χ0) is 18.1. The Morgan fingerprint density at radius 3 is 2.62 bits per heavy atom. The van der Waals surface area contributed by atoms with Crippen LogP contribution in [0.5, 0.6) is 11.5 Å². The molecule has 3 heterocycles. The van der Waals surface area contributed by atoms with Gasteiger partial charge in [0.05, 0.1) is 25.3 Å². The predicted octanol–water partition coefficient (Wildman–Crippen LogP) is 3.63. The molecule has 0 atom stereocenters. The van der Waals surface area contributed by atoms with Crippen LogP contribution in [0.3, 0.4) is 0 Å². The first-order valence-electron chi connectivity index (χ1n) is 8.79. The monoisotopic (exact) mass is 353 g/mol. The zero-order valence-corrected chi connectivity index (χ0v) is 15.3. The Bertz CT molecular complexity index is 931. The third-order valence-corrected chi connectivity index (χ3v) is 4.66. The summed E-state index contributed by atoms with van der Waals surface area (Å²) in [4.78, 5) is 15.1. The number of ether oxygens (including phenoxy) is 2. The van der Waals surface area contributed by atoms with Gasteiger partial charge in [0.1, 0.15) is 23.0 Å². The molecule has 0 aliphatic carbocycles. The molecule has 7 heteroatoms. The summed E-state index contributed by atoms with van der Waals surface area (Å²) in [5, 5.41) is 4.38. The number of hydrogen-bond donors (Lipinski definition) is 2. The minimum Gasteiger partial charge on any atom is -0.497 e. The van der Waals surface area contributed by atoms with E-state index in [0.29, 0.717) is 5.75 Å². The van der Waals surface area contributed by atoms with Gasteiger partial charge in [-0.05, 0) is 38.0 Å². The minimum atomic E-state index is 0.700. The number of anilines is 3. The van der Waals surface area contributed by atoms with Gasteiger partial charge < -0.3 is 24.7 Å². The molecule has 1 aromatic carbocycles. The number of hydrogen-bond acceptors (Lipinski definition) is 6. The van der Waals surface area contributed by atoms with Crippen molar-refractivity contribution >= 4 is 28.5 Å². The number of aryl methyl sites for hydroxylation is 1. The van der Waals surface area contributed by atoms with Crippen molar-refractivity contribution in [2.75, 3.05) is 37.5 Å². The van der Waals surface area contributed by atoms with Gasteiger partial charge in [-0.1, -0.05) is 0 Å². The lowest BCUT2D eigenvalue weighted by Gasteiger charge is -2.17. The molecular formula is C19H23N5O2. The maximum atomic E-state index is 5.50. The molecule has 1 fully saturated rings. The predicted molar refractivity (Wildman–Crippen MR) is 103 cm³/mol.